The summed E-state index contributed by atoms with van der Waals surface area (Å²) in [5, 5.41) is 6.28. The third-order valence-corrected chi connectivity index (χ3v) is 3.79. The number of aromatic nitrogens is 2. The maximum atomic E-state index is 13.9. The third kappa shape index (κ3) is 3.55. The molecule has 0 saturated carbocycles. The summed E-state index contributed by atoms with van der Waals surface area (Å²) in [7, 11) is 0. The second-order valence-electron chi connectivity index (χ2n) is 5.24. The van der Waals surface area contributed by atoms with Gasteiger partial charge in [-0.2, -0.15) is 18.3 Å². The van der Waals surface area contributed by atoms with Crippen LogP contribution in [0.3, 0.4) is 0 Å². The molecule has 1 aromatic heterocycles. The number of para-hydroxylation sites is 1. The summed E-state index contributed by atoms with van der Waals surface area (Å²) in [6.07, 6.45) is -2.24. The monoisotopic (exact) mass is 383 g/mol. The molecule has 2 aromatic carbocycles. The number of amides is 1. The van der Waals surface area contributed by atoms with Crippen molar-refractivity contribution in [1.82, 2.24) is 9.78 Å². The summed E-state index contributed by atoms with van der Waals surface area (Å²) in [5.74, 6) is -1.60. The van der Waals surface area contributed by atoms with Crippen LogP contribution in [0.5, 0.6) is 0 Å². The van der Waals surface area contributed by atoms with Gasteiger partial charge < -0.3 is 5.32 Å². The minimum Gasteiger partial charge on any atom is -0.319 e. The molecule has 0 aliphatic heterocycles. The first kappa shape index (κ1) is 17.9. The molecule has 0 aliphatic rings. The topological polar surface area (TPSA) is 46.9 Å². The molecule has 4 nitrogen and oxygen atoms in total. The smallest absolute Gasteiger partial charge is 0.319 e. The standard InChI is InChI=1S/C17H10ClF4N3O/c18-13-6-3-7-14(19)15(13)25-9-10(8-23-25)24-16(26)11-4-1-2-5-12(11)17(20,21)22/h1-9H,(H,24,26). The van der Waals surface area contributed by atoms with Crippen molar-refractivity contribution in [2.24, 2.45) is 0 Å². The minimum absolute atomic E-state index is 0.0367. The Bertz CT molecular complexity index is 948. The number of carbonyl (C=O) groups is 1. The number of halogens is 5. The predicted octanol–water partition coefficient (Wildman–Crippen LogP) is 4.94. The van der Waals surface area contributed by atoms with Crippen LogP contribution in [0, 0.1) is 5.82 Å². The van der Waals surface area contributed by atoms with Crippen molar-refractivity contribution in [2.45, 2.75) is 6.18 Å². The molecular formula is C17H10ClF4N3O. The Labute approximate surface area is 150 Å². The van der Waals surface area contributed by atoms with Crippen LogP contribution in [0.4, 0.5) is 23.2 Å². The minimum atomic E-state index is -4.67. The molecule has 0 saturated heterocycles. The van der Waals surface area contributed by atoms with Crippen molar-refractivity contribution < 1.29 is 22.4 Å². The van der Waals surface area contributed by atoms with E-state index in [1.165, 1.54) is 42.7 Å². The van der Waals surface area contributed by atoms with Crippen molar-refractivity contribution in [1.29, 1.82) is 0 Å². The van der Waals surface area contributed by atoms with Crippen LogP contribution in [0.1, 0.15) is 15.9 Å². The van der Waals surface area contributed by atoms with Crippen molar-refractivity contribution in [3.8, 4) is 5.69 Å². The van der Waals surface area contributed by atoms with Crippen LogP contribution < -0.4 is 5.32 Å². The number of alkyl halides is 3. The maximum Gasteiger partial charge on any atom is 0.417 e. The van der Waals surface area contributed by atoms with Gasteiger partial charge in [-0.3, -0.25) is 4.79 Å². The summed E-state index contributed by atoms with van der Waals surface area (Å²) in [6.45, 7) is 0. The van der Waals surface area contributed by atoms with E-state index in [1.54, 1.807) is 0 Å². The average Bonchev–Trinajstić information content (AvgIpc) is 3.02. The molecule has 1 N–H and O–H groups in total. The Balaban J connectivity index is 1.88. The zero-order chi connectivity index (χ0) is 18.9. The first-order chi connectivity index (χ1) is 12.3. The van der Waals surface area contributed by atoms with Gasteiger partial charge in [0.2, 0.25) is 0 Å². The molecule has 0 fully saturated rings. The van der Waals surface area contributed by atoms with Gasteiger partial charge in [-0.15, -0.1) is 0 Å². The highest BCUT2D eigenvalue weighted by atomic mass is 35.5. The summed E-state index contributed by atoms with van der Waals surface area (Å²) in [5.41, 5.74) is -1.53. The van der Waals surface area contributed by atoms with Crippen molar-refractivity contribution in [3.05, 3.63) is 76.8 Å². The highest BCUT2D eigenvalue weighted by Gasteiger charge is 2.34. The molecule has 0 bridgehead atoms. The molecule has 0 spiro atoms. The van der Waals surface area contributed by atoms with E-state index in [1.807, 2.05) is 0 Å². The van der Waals surface area contributed by atoms with Crippen molar-refractivity contribution >= 4 is 23.2 Å². The van der Waals surface area contributed by atoms with Crippen LogP contribution in [-0.4, -0.2) is 15.7 Å². The summed E-state index contributed by atoms with van der Waals surface area (Å²) >= 11 is 5.93. The molecule has 0 atom stereocenters. The van der Waals surface area contributed by atoms with Crippen molar-refractivity contribution in [2.75, 3.05) is 5.32 Å². The molecule has 0 aliphatic carbocycles. The van der Waals surface area contributed by atoms with E-state index in [4.69, 9.17) is 11.6 Å². The summed E-state index contributed by atoms with van der Waals surface area (Å²) in [4.78, 5) is 12.2. The zero-order valence-electron chi connectivity index (χ0n) is 12.9. The lowest BCUT2D eigenvalue weighted by atomic mass is 10.1. The quantitative estimate of drug-likeness (QED) is 0.651. The van der Waals surface area contributed by atoms with Gasteiger partial charge >= 0.3 is 6.18 Å². The van der Waals surface area contributed by atoms with Gasteiger partial charge in [0.1, 0.15) is 11.5 Å². The first-order valence-electron chi connectivity index (χ1n) is 7.24. The van der Waals surface area contributed by atoms with E-state index >= 15 is 0 Å². The van der Waals surface area contributed by atoms with Gasteiger partial charge in [0.15, 0.2) is 0 Å². The Morgan fingerprint density at radius 2 is 1.85 bits per heavy atom. The van der Waals surface area contributed by atoms with E-state index in [2.05, 4.69) is 10.4 Å². The van der Waals surface area contributed by atoms with Gasteiger partial charge in [-0.25, -0.2) is 9.07 Å². The number of carbonyl (C=O) groups excluding carboxylic acids is 1. The Hall–Kier alpha value is -2.87. The number of benzene rings is 2. The van der Waals surface area contributed by atoms with Crippen LogP contribution in [0.15, 0.2) is 54.9 Å². The molecular weight excluding hydrogens is 374 g/mol. The fraction of sp³-hybridized carbons (Fsp3) is 0.0588. The maximum absolute atomic E-state index is 13.9. The molecule has 1 heterocycles. The average molecular weight is 384 g/mol. The Morgan fingerprint density at radius 1 is 1.12 bits per heavy atom. The van der Waals surface area contributed by atoms with Crippen LogP contribution in [0.25, 0.3) is 5.69 Å². The fourth-order valence-corrected chi connectivity index (χ4v) is 2.59. The summed E-state index contributed by atoms with van der Waals surface area (Å²) in [6, 6.07) is 8.46. The largest absolute Gasteiger partial charge is 0.417 e. The molecule has 26 heavy (non-hydrogen) atoms. The van der Waals surface area contributed by atoms with E-state index < -0.39 is 29.0 Å². The fourth-order valence-electron chi connectivity index (χ4n) is 2.34. The second kappa shape index (κ2) is 6.80. The SMILES string of the molecule is O=C(Nc1cnn(-c2c(F)cccc2Cl)c1)c1ccccc1C(F)(F)F. The molecule has 1 amide bonds. The zero-order valence-corrected chi connectivity index (χ0v) is 13.6. The van der Waals surface area contributed by atoms with E-state index in [9.17, 15) is 22.4 Å². The summed E-state index contributed by atoms with van der Waals surface area (Å²) < 4.78 is 54.0. The van der Waals surface area contributed by atoms with Crippen LogP contribution >= 0.6 is 11.6 Å². The van der Waals surface area contributed by atoms with Gasteiger partial charge in [0.05, 0.1) is 34.2 Å². The number of rotatable bonds is 3. The van der Waals surface area contributed by atoms with Gasteiger partial charge in [-0.05, 0) is 24.3 Å². The number of hydrogen-bond acceptors (Lipinski definition) is 2. The van der Waals surface area contributed by atoms with Crippen LogP contribution in [-0.2, 0) is 6.18 Å². The first-order valence-corrected chi connectivity index (χ1v) is 7.62. The molecule has 0 unspecified atom stereocenters. The normalized spacial score (nSPS) is 11.4. The van der Waals surface area contributed by atoms with E-state index in [0.29, 0.717) is 0 Å². The lowest BCUT2D eigenvalue weighted by Gasteiger charge is -2.11. The lowest BCUT2D eigenvalue weighted by Crippen LogP contribution is -2.18. The molecule has 134 valence electrons. The molecule has 9 heteroatoms. The highest BCUT2D eigenvalue weighted by Crippen LogP contribution is 2.32. The number of nitrogens with zero attached hydrogens (tertiary/aromatic N) is 2. The van der Waals surface area contributed by atoms with E-state index in [-0.39, 0.29) is 16.4 Å². The van der Waals surface area contributed by atoms with Gasteiger partial charge in [-0.1, -0.05) is 29.8 Å². The van der Waals surface area contributed by atoms with Gasteiger partial charge in [0.25, 0.3) is 5.91 Å². The number of anilines is 1. The Morgan fingerprint density at radius 3 is 2.54 bits per heavy atom. The Kier molecular flexibility index (Phi) is 4.69. The van der Waals surface area contributed by atoms with E-state index in [0.717, 1.165) is 16.8 Å². The second-order valence-corrected chi connectivity index (χ2v) is 5.65. The number of hydrogen-bond donors (Lipinski definition) is 1. The molecule has 0 radical (unpaired) electrons. The molecule has 3 rings (SSSR count). The molecule has 3 aromatic rings. The highest BCUT2D eigenvalue weighted by molar-refractivity contribution is 6.32. The predicted molar refractivity (Wildman–Crippen MR) is 87.9 cm³/mol. The van der Waals surface area contributed by atoms with Crippen LogP contribution in [0.2, 0.25) is 5.02 Å². The van der Waals surface area contributed by atoms with Gasteiger partial charge in [0, 0.05) is 0 Å². The van der Waals surface area contributed by atoms with Crippen molar-refractivity contribution in [3.63, 3.8) is 0 Å². The third-order valence-electron chi connectivity index (χ3n) is 3.48. The number of nitrogens with one attached hydrogen (secondary N) is 1. The lowest BCUT2D eigenvalue weighted by molar-refractivity contribution is -0.137.